The van der Waals surface area contributed by atoms with Crippen molar-refractivity contribution in [1.29, 1.82) is 0 Å². The highest BCUT2D eigenvalue weighted by molar-refractivity contribution is 7.80. The number of amides is 10. The second kappa shape index (κ2) is 58.2. The van der Waals surface area contributed by atoms with Crippen molar-refractivity contribution in [3.05, 3.63) is 175 Å². The molecule has 0 bridgehead atoms. The average Bonchev–Trinajstić information content (AvgIpc) is 1.53. The molecule has 50 heteroatoms. The number of phenols is 4. The van der Waals surface area contributed by atoms with Gasteiger partial charge in [-0.3, -0.25) is 47.9 Å². The standard InChI is InChI=1S/C49H66N14O12S.C21H11NO5S.C20H39N9O5.2ClH/c1-28(2)22-37(59-29(3)64)45(70)62-39(27-43(68)54-15-12-52-11-10-50)46(71)61-38(44(69)56-18-20-73-21-19-58-63-51)26-42(67)55-16-13-53-14-17-57-48(76)60-30-4-7-34-33(23-30)47(72)75-49(34)35-8-5-31(65)24-40(35)74-41-25-32(66)6-9-36(41)49;23-12-2-5-16-18(8-12)26-19-9-13(24)3-6-17(19)21(16)15-4-1-11(22-10-28)7-14(15)20(25)27-21;1-14(2)12-16(27-15(3)30)20(33)28-17(13-18(31)24-7-6-23-5-4-21)19(32)25-8-10-34-11-9-26-29-22;;/h4-9,23-25,28,37-39,52-53,65-66H,10-22,26-27,50H2,1-3H3,(H,54,68)(H,55,67)(H,56,69)(H,59,64)(H,61,71)(H,62,70)(H2,57,60,76);1-9,23-24H;14,16-17,23H,4-13,21H2,1-3H3,(H,24,31)(H,25,32)(H,27,30)(H,28,33);2*1H/t37-,38-,39+;;16-,17+;;/m0.1../s1. The lowest BCUT2D eigenvalue weighted by atomic mass is 9.77. The normalized spacial score (nSPS) is 13.4. The number of isothiocyanates is 1. The van der Waals surface area contributed by atoms with Crippen molar-refractivity contribution in [3.8, 4) is 46.0 Å². The Labute approximate surface area is 828 Å². The largest absolute Gasteiger partial charge is 1.00 e. The van der Waals surface area contributed by atoms with Gasteiger partial charge < -0.3 is 165 Å². The highest BCUT2D eigenvalue weighted by atomic mass is 35.5. The topological polar surface area (TPSA) is 687 Å². The van der Waals surface area contributed by atoms with Gasteiger partial charge in [0.15, 0.2) is 16.3 Å². The summed E-state index contributed by atoms with van der Waals surface area (Å²) in [4.78, 5) is 164. The van der Waals surface area contributed by atoms with E-state index in [1.165, 1.54) is 62.4 Å². The minimum absolute atomic E-state index is 0. The third-order valence-corrected chi connectivity index (χ3v) is 21.2. The summed E-state index contributed by atoms with van der Waals surface area (Å²) in [6.45, 7) is 16.3. The van der Waals surface area contributed by atoms with E-state index in [0.29, 0.717) is 114 Å². The Balaban J connectivity index is 0.000000383. The number of phenolic OH excluding ortho intramolecular Hbond substituents is 4. The van der Waals surface area contributed by atoms with E-state index in [2.05, 4.69) is 134 Å². The first-order valence-corrected chi connectivity index (χ1v) is 45.3. The summed E-state index contributed by atoms with van der Waals surface area (Å²) in [5, 5.41) is 91.1. The van der Waals surface area contributed by atoms with E-state index in [9.17, 15) is 78.0 Å². The molecule has 4 aliphatic rings. The number of esters is 2. The number of benzene rings is 6. The number of aromatic hydroxyl groups is 4. The summed E-state index contributed by atoms with van der Waals surface area (Å²) in [6, 6.07) is 22.4. The molecule has 4 aliphatic heterocycles. The fraction of sp³-hybridized carbons (Fsp3) is 0.444. The fourth-order valence-electron chi connectivity index (χ4n) is 14.9. The molecule has 6 aromatic rings. The van der Waals surface area contributed by atoms with Crippen LogP contribution in [-0.2, 0) is 78.1 Å². The number of carbonyl (C=O) groups excluding carboxylic acids is 12. The maximum atomic E-state index is 13.9. The predicted molar refractivity (Wildman–Crippen MR) is 508 cm³/mol. The summed E-state index contributed by atoms with van der Waals surface area (Å²) in [6.07, 6.45) is -0.727. The molecule has 0 unspecified atom stereocenters. The van der Waals surface area contributed by atoms with Gasteiger partial charge in [0.05, 0.1) is 80.8 Å². The van der Waals surface area contributed by atoms with Crippen molar-refractivity contribution in [3.63, 3.8) is 0 Å². The van der Waals surface area contributed by atoms with Gasteiger partial charge in [0.1, 0.15) is 76.2 Å². The second-order valence-corrected chi connectivity index (χ2v) is 33.0. The molecular weight excluding hydrogens is 1900 g/mol. The van der Waals surface area contributed by atoms with Crippen LogP contribution in [0.25, 0.3) is 20.9 Å². The number of aliphatic imine (C=N–C) groups is 1. The van der Waals surface area contributed by atoms with E-state index >= 15 is 0 Å². The molecule has 0 saturated heterocycles. The Morgan fingerprint density at radius 3 is 1.14 bits per heavy atom. The van der Waals surface area contributed by atoms with Crippen LogP contribution in [0, 0.1) is 11.8 Å². The number of nitrogens with zero attached hydrogens (tertiary/aromatic N) is 7. The predicted octanol–water partition coefficient (Wildman–Crippen LogP) is -4.44. The van der Waals surface area contributed by atoms with Crippen molar-refractivity contribution in [1.82, 2.24) is 74.4 Å². The lowest BCUT2D eigenvalue weighted by Crippen LogP contribution is -3.00. The van der Waals surface area contributed by atoms with Crippen LogP contribution in [0.3, 0.4) is 0 Å². The van der Waals surface area contributed by atoms with E-state index in [4.69, 9.17) is 51.7 Å². The zero-order chi connectivity index (χ0) is 100. The minimum atomic E-state index is -1.52. The van der Waals surface area contributed by atoms with Gasteiger partial charge in [0, 0.05) is 179 Å². The maximum Gasteiger partial charge on any atom is 0.340 e. The second-order valence-electron chi connectivity index (χ2n) is 32.4. The van der Waals surface area contributed by atoms with Crippen LogP contribution in [0.1, 0.15) is 128 Å². The van der Waals surface area contributed by atoms with Gasteiger partial charge in [0.25, 0.3) is 0 Å². The molecule has 4 heterocycles. The fourth-order valence-corrected chi connectivity index (χ4v) is 15.2. The molecule has 0 saturated carbocycles. The van der Waals surface area contributed by atoms with Crippen LogP contribution < -0.4 is 126 Å². The highest BCUT2D eigenvalue weighted by Crippen LogP contribution is 2.59. The van der Waals surface area contributed by atoms with Gasteiger partial charge in [-0.15, -0.1) is 0 Å². The number of thiocarbonyl (C=S) groups is 2. The summed E-state index contributed by atoms with van der Waals surface area (Å²) < 4.78 is 34.6. The van der Waals surface area contributed by atoms with Crippen LogP contribution in [0.2, 0.25) is 0 Å². The van der Waals surface area contributed by atoms with Crippen LogP contribution >= 0.6 is 24.4 Å². The molecule has 5 atom stereocenters. The van der Waals surface area contributed by atoms with Gasteiger partial charge in [-0.05, 0) is 133 Å². The van der Waals surface area contributed by atoms with E-state index in [1.54, 1.807) is 60.7 Å². The van der Waals surface area contributed by atoms with E-state index in [-0.39, 0.29) is 173 Å². The van der Waals surface area contributed by atoms with Gasteiger partial charge in [-0.1, -0.05) is 50.1 Å². The lowest BCUT2D eigenvalue weighted by molar-refractivity contribution is -0.365. The zero-order valence-electron chi connectivity index (χ0n) is 77.9. The van der Waals surface area contributed by atoms with Crippen molar-refractivity contribution in [2.45, 2.75) is 115 Å². The van der Waals surface area contributed by atoms with Gasteiger partial charge in [0.2, 0.25) is 59.1 Å². The Morgan fingerprint density at radius 1 is 0.436 bits per heavy atom. The third kappa shape index (κ3) is 34.1. The number of hydrogen-bond acceptors (Lipinski definition) is 30. The molecule has 756 valence electrons. The molecule has 0 aliphatic carbocycles. The monoisotopic (exact) mass is 2020 g/mol. The molecule has 140 heavy (non-hydrogen) atoms. The number of quaternary nitrogens is 2. The first-order valence-electron chi connectivity index (χ1n) is 44.5. The summed E-state index contributed by atoms with van der Waals surface area (Å²) in [7, 11) is 0. The van der Waals surface area contributed by atoms with E-state index in [0.717, 1.165) is 13.1 Å². The van der Waals surface area contributed by atoms with E-state index < -0.39 is 119 Å². The number of azide groups is 2. The molecule has 46 nitrogen and oxygen atoms in total. The number of carbonyl (C=O) groups is 12. The van der Waals surface area contributed by atoms with Gasteiger partial charge in [-0.2, -0.15) is 4.99 Å². The highest BCUT2D eigenvalue weighted by Gasteiger charge is 2.56. The number of halogens is 2. The van der Waals surface area contributed by atoms with Crippen LogP contribution in [0.15, 0.2) is 124 Å². The first kappa shape index (κ1) is 115. The zero-order valence-corrected chi connectivity index (χ0v) is 81.0. The molecule has 6 aromatic carbocycles. The smallest absolute Gasteiger partial charge is 0.340 e. The lowest BCUT2D eigenvalue weighted by Gasteiger charge is -2.36. The Kier molecular flexibility index (Phi) is 47.7. The molecule has 0 fully saturated rings. The molecule has 10 amide bonds. The number of hydrogen-bond donors (Lipinski definition) is 21. The summed E-state index contributed by atoms with van der Waals surface area (Å²) in [5.41, 5.74) is 26.4. The number of fused-ring (bicyclic) bond motifs is 12. The quantitative estimate of drug-likeness (QED) is 0.00326. The van der Waals surface area contributed by atoms with Crippen LogP contribution in [0.4, 0.5) is 11.4 Å². The minimum Gasteiger partial charge on any atom is -1.00 e. The Hall–Kier alpha value is -13.8. The molecular formula is C90H118Cl2N24O22S2. The van der Waals surface area contributed by atoms with Gasteiger partial charge in [-0.25, -0.2) is 9.59 Å². The van der Waals surface area contributed by atoms with Gasteiger partial charge >= 0.3 is 11.9 Å². The van der Waals surface area contributed by atoms with Crippen LogP contribution in [-0.4, -0.2) is 263 Å². The molecule has 25 N–H and O–H groups in total. The summed E-state index contributed by atoms with van der Waals surface area (Å²) in [5.74, 6) is -5.93. The van der Waals surface area contributed by atoms with Crippen molar-refractivity contribution >= 4 is 117 Å². The molecule has 10 rings (SSSR count). The van der Waals surface area contributed by atoms with Crippen molar-refractivity contribution in [2.75, 3.05) is 136 Å². The Bertz CT molecular complexity index is 5410. The van der Waals surface area contributed by atoms with E-state index in [1.807, 2.05) is 27.7 Å². The molecule has 0 radical (unpaired) electrons. The molecule has 2 spiro atoms. The summed E-state index contributed by atoms with van der Waals surface area (Å²) >= 11 is 10.2. The number of nitrogens with one attached hydrogen (secondary N) is 15. The maximum absolute atomic E-state index is 13.9. The van der Waals surface area contributed by atoms with Crippen molar-refractivity contribution in [2.24, 2.45) is 27.1 Å². The number of rotatable bonds is 50. The first-order chi connectivity index (χ1) is 66.2. The Morgan fingerprint density at radius 2 is 0.779 bits per heavy atom. The number of anilines is 1. The molecule has 0 aromatic heterocycles. The van der Waals surface area contributed by atoms with Crippen LogP contribution in [0.5, 0.6) is 46.0 Å². The average molecular weight is 2020 g/mol. The third-order valence-electron chi connectivity index (χ3n) is 20.9. The SMILES string of the molecule is CC(=O)N[C@@H](CC(C)C)C(=O)N[C@H](CC(=O)NCCNCC[NH3+])C(=O)N[C@@H](CC(=O)NCCNCCNC(=S)Nc1ccc2c(c1)C(=O)OC21c2ccc(O)cc2Oc2cc(O)ccc21)C(=O)NCCOCCN=[N+]=[N-].CC(=O)N[C@H](CC(C)C)C(=O)N[C@@H](CC(=O)NCCNCC[NH3+])C(=O)NCCOCCN=[N+]=[N-].O=C1OC2(c3ccc(O)cc3Oc3cc(O)ccc32)c2ccc(N=C=S)cc21.[Cl-].[Cl-]. The number of ether oxygens (including phenoxy) is 6. The van der Waals surface area contributed by atoms with Crippen molar-refractivity contribution < 1.29 is 143 Å².